The molecule has 1 heterocycles. The molecule has 0 saturated carbocycles. The Balaban J connectivity index is 2.05. The van der Waals surface area contributed by atoms with Crippen LogP contribution in [0, 0.1) is 0 Å². The van der Waals surface area contributed by atoms with Crippen LogP contribution in [-0.4, -0.2) is 9.97 Å². The number of hydrogen-bond acceptors (Lipinski definition) is 5. The van der Waals surface area contributed by atoms with Gasteiger partial charge in [0, 0.05) is 10.6 Å². The van der Waals surface area contributed by atoms with Gasteiger partial charge in [-0.15, -0.1) is 0 Å². The van der Waals surface area contributed by atoms with Gasteiger partial charge in [-0.3, -0.25) is 4.98 Å². The predicted octanol–water partition coefficient (Wildman–Crippen LogP) is 1.99. The van der Waals surface area contributed by atoms with Gasteiger partial charge in [0.1, 0.15) is 6.61 Å². The van der Waals surface area contributed by atoms with Crippen LogP contribution in [0.2, 0.25) is 5.02 Å². The zero-order valence-electron chi connectivity index (χ0n) is 8.93. The zero-order chi connectivity index (χ0) is 12.1. The average molecular weight is 251 g/mol. The van der Waals surface area contributed by atoms with Crippen LogP contribution in [0.3, 0.4) is 0 Å². The summed E-state index contributed by atoms with van der Waals surface area (Å²) in [5.74, 6) is 6.06. The maximum absolute atomic E-state index is 6.00. The second kappa shape index (κ2) is 5.47. The van der Waals surface area contributed by atoms with Gasteiger partial charge in [-0.1, -0.05) is 29.8 Å². The number of anilines is 1. The SMILES string of the molecule is NNc1cncc(OCc2ccccc2Cl)n1. The number of nitrogen functional groups attached to an aromatic ring is 1. The Bertz CT molecular complexity index is 506. The van der Waals surface area contributed by atoms with Crippen LogP contribution >= 0.6 is 11.6 Å². The molecule has 0 bridgehead atoms. The van der Waals surface area contributed by atoms with Crippen molar-refractivity contribution in [2.24, 2.45) is 5.84 Å². The summed E-state index contributed by atoms with van der Waals surface area (Å²) in [6.45, 7) is 0.336. The Morgan fingerprint density at radius 1 is 1.29 bits per heavy atom. The minimum atomic E-state index is 0.336. The summed E-state index contributed by atoms with van der Waals surface area (Å²) >= 11 is 6.00. The first-order chi connectivity index (χ1) is 8.29. The normalized spacial score (nSPS) is 10.0. The van der Waals surface area contributed by atoms with Crippen molar-refractivity contribution in [2.75, 3.05) is 5.43 Å². The first-order valence-corrected chi connectivity index (χ1v) is 5.32. The van der Waals surface area contributed by atoms with Gasteiger partial charge in [0.05, 0.1) is 12.4 Å². The molecule has 0 aliphatic carbocycles. The number of rotatable bonds is 4. The van der Waals surface area contributed by atoms with Gasteiger partial charge in [-0.2, -0.15) is 4.98 Å². The summed E-state index contributed by atoms with van der Waals surface area (Å²) in [5.41, 5.74) is 3.29. The Kier molecular flexibility index (Phi) is 3.74. The lowest BCUT2D eigenvalue weighted by Crippen LogP contribution is -2.09. The van der Waals surface area contributed by atoms with E-state index in [1.54, 1.807) is 0 Å². The van der Waals surface area contributed by atoms with Crippen molar-refractivity contribution in [2.45, 2.75) is 6.61 Å². The summed E-state index contributed by atoms with van der Waals surface area (Å²) in [6.07, 6.45) is 3.01. The summed E-state index contributed by atoms with van der Waals surface area (Å²) in [4.78, 5) is 8.00. The molecule has 0 aliphatic rings. The number of aromatic nitrogens is 2. The number of benzene rings is 1. The maximum atomic E-state index is 6.00. The molecule has 0 saturated heterocycles. The van der Waals surface area contributed by atoms with Gasteiger partial charge in [-0.05, 0) is 6.07 Å². The van der Waals surface area contributed by atoms with Gasteiger partial charge in [-0.25, -0.2) is 5.84 Å². The van der Waals surface area contributed by atoms with Crippen molar-refractivity contribution in [3.05, 3.63) is 47.2 Å². The fourth-order valence-corrected chi connectivity index (χ4v) is 1.44. The highest BCUT2D eigenvalue weighted by Crippen LogP contribution is 2.17. The smallest absolute Gasteiger partial charge is 0.234 e. The lowest BCUT2D eigenvalue weighted by atomic mass is 10.2. The highest BCUT2D eigenvalue weighted by molar-refractivity contribution is 6.31. The molecule has 6 heteroatoms. The Morgan fingerprint density at radius 3 is 2.88 bits per heavy atom. The first-order valence-electron chi connectivity index (χ1n) is 4.94. The van der Waals surface area contributed by atoms with Crippen LogP contribution in [-0.2, 0) is 6.61 Å². The zero-order valence-corrected chi connectivity index (χ0v) is 9.69. The van der Waals surface area contributed by atoms with Gasteiger partial charge in [0.25, 0.3) is 0 Å². The van der Waals surface area contributed by atoms with E-state index >= 15 is 0 Å². The third kappa shape index (κ3) is 3.05. The van der Waals surface area contributed by atoms with Crippen LogP contribution in [0.25, 0.3) is 0 Å². The van der Waals surface area contributed by atoms with E-state index in [-0.39, 0.29) is 0 Å². The monoisotopic (exact) mass is 250 g/mol. The first kappa shape index (κ1) is 11.6. The van der Waals surface area contributed by atoms with Crippen molar-refractivity contribution in [1.82, 2.24) is 9.97 Å². The van der Waals surface area contributed by atoms with E-state index in [9.17, 15) is 0 Å². The van der Waals surface area contributed by atoms with Crippen molar-refractivity contribution in [3.8, 4) is 5.88 Å². The molecule has 0 radical (unpaired) electrons. The van der Waals surface area contributed by atoms with Crippen LogP contribution < -0.4 is 16.0 Å². The largest absolute Gasteiger partial charge is 0.472 e. The van der Waals surface area contributed by atoms with Crippen molar-refractivity contribution in [1.29, 1.82) is 0 Å². The number of nitrogens with zero attached hydrogens (tertiary/aromatic N) is 2. The van der Waals surface area contributed by atoms with Crippen LogP contribution in [0.4, 0.5) is 5.82 Å². The molecule has 5 nitrogen and oxygen atoms in total. The van der Waals surface area contributed by atoms with E-state index in [1.165, 1.54) is 12.4 Å². The van der Waals surface area contributed by atoms with Crippen LogP contribution in [0.1, 0.15) is 5.56 Å². The third-order valence-corrected chi connectivity index (χ3v) is 2.46. The van der Waals surface area contributed by atoms with E-state index in [1.807, 2.05) is 24.3 Å². The molecule has 0 aliphatic heterocycles. The molecule has 0 unspecified atom stereocenters. The second-order valence-corrected chi connectivity index (χ2v) is 3.67. The fraction of sp³-hybridized carbons (Fsp3) is 0.0909. The molecular formula is C11H11ClN4O. The minimum absolute atomic E-state index is 0.336. The average Bonchev–Trinajstić information content (AvgIpc) is 2.38. The number of nitrogens with two attached hydrogens (primary N) is 1. The Labute approximate surface area is 104 Å². The van der Waals surface area contributed by atoms with E-state index in [0.29, 0.717) is 23.3 Å². The Hall–Kier alpha value is -1.85. The second-order valence-electron chi connectivity index (χ2n) is 3.27. The summed E-state index contributed by atoms with van der Waals surface area (Å²) in [5, 5.41) is 0.661. The van der Waals surface area contributed by atoms with Gasteiger partial charge in [0.15, 0.2) is 5.82 Å². The molecule has 0 spiro atoms. The molecule has 88 valence electrons. The third-order valence-electron chi connectivity index (χ3n) is 2.09. The molecule has 0 amide bonds. The highest BCUT2D eigenvalue weighted by atomic mass is 35.5. The molecule has 0 fully saturated rings. The molecule has 2 aromatic rings. The lowest BCUT2D eigenvalue weighted by molar-refractivity contribution is 0.293. The summed E-state index contributed by atoms with van der Waals surface area (Å²) in [7, 11) is 0. The van der Waals surface area contributed by atoms with E-state index in [0.717, 1.165) is 5.56 Å². The maximum Gasteiger partial charge on any atom is 0.234 e. The summed E-state index contributed by atoms with van der Waals surface area (Å²) in [6, 6.07) is 7.46. The number of ether oxygens (including phenoxy) is 1. The number of hydrogen-bond donors (Lipinski definition) is 2. The number of nitrogens with one attached hydrogen (secondary N) is 1. The predicted molar refractivity (Wildman–Crippen MR) is 65.6 cm³/mol. The van der Waals surface area contributed by atoms with Crippen LogP contribution in [0.5, 0.6) is 5.88 Å². The molecule has 0 atom stereocenters. The highest BCUT2D eigenvalue weighted by Gasteiger charge is 2.02. The minimum Gasteiger partial charge on any atom is -0.472 e. The molecule has 3 N–H and O–H groups in total. The van der Waals surface area contributed by atoms with Crippen molar-refractivity contribution in [3.63, 3.8) is 0 Å². The topological polar surface area (TPSA) is 73.1 Å². The van der Waals surface area contributed by atoms with E-state index in [4.69, 9.17) is 22.2 Å². The lowest BCUT2D eigenvalue weighted by Gasteiger charge is -2.07. The fourth-order valence-electron chi connectivity index (χ4n) is 1.25. The molecular weight excluding hydrogens is 240 g/mol. The van der Waals surface area contributed by atoms with Gasteiger partial charge in [0.2, 0.25) is 5.88 Å². The number of hydrazine groups is 1. The molecule has 1 aromatic carbocycles. The Morgan fingerprint density at radius 2 is 2.12 bits per heavy atom. The van der Waals surface area contributed by atoms with E-state index < -0.39 is 0 Å². The van der Waals surface area contributed by atoms with Crippen molar-refractivity contribution >= 4 is 17.4 Å². The van der Waals surface area contributed by atoms with Crippen molar-refractivity contribution < 1.29 is 4.74 Å². The van der Waals surface area contributed by atoms with Gasteiger partial charge < -0.3 is 10.2 Å². The standard InChI is InChI=1S/C11H11ClN4O/c12-9-4-2-1-3-8(9)7-17-11-6-14-5-10(15-11)16-13/h1-6H,7,13H2,(H,15,16). The summed E-state index contributed by atoms with van der Waals surface area (Å²) < 4.78 is 5.46. The molecule has 17 heavy (non-hydrogen) atoms. The molecule has 2 rings (SSSR count). The quantitative estimate of drug-likeness (QED) is 0.641. The van der Waals surface area contributed by atoms with Crippen LogP contribution in [0.15, 0.2) is 36.7 Å². The van der Waals surface area contributed by atoms with Gasteiger partial charge >= 0.3 is 0 Å². The molecule has 1 aromatic heterocycles. The number of halogens is 1. The van der Waals surface area contributed by atoms with E-state index in [2.05, 4.69) is 15.4 Å².